The Morgan fingerprint density at radius 1 is 1.40 bits per heavy atom. The Balaban J connectivity index is 2.09. The fourth-order valence-electron chi connectivity index (χ4n) is 2.91. The van der Waals surface area contributed by atoms with E-state index < -0.39 is 0 Å². The van der Waals surface area contributed by atoms with Crippen LogP contribution in [0.5, 0.6) is 0 Å². The summed E-state index contributed by atoms with van der Waals surface area (Å²) in [7, 11) is 0. The molecule has 110 valence electrons. The summed E-state index contributed by atoms with van der Waals surface area (Å²) < 4.78 is 5.05. The molecule has 0 heterocycles. The van der Waals surface area contributed by atoms with E-state index in [9.17, 15) is 4.79 Å². The first-order chi connectivity index (χ1) is 9.53. The Kier molecular flexibility index (Phi) is 4.69. The van der Waals surface area contributed by atoms with E-state index in [1.54, 1.807) is 6.07 Å². The zero-order valence-corrected chi connectivity index (χ0v) is 12.7. The molecule has 0 amide bonds. The van der Waals surface area contributed by atoms with Gasteiger partial charge in [0.25, 0.3) is 0 Å². The molecule has 0 aromatic heterocycles. The number of nitrogens with one attached hydrogen (secondary N) is 1. The first-order valence-corrected chi connectivity index (χ1v) is 7.56. The highest BCUT2D eigenvalue weighted by atomic mass is 16.5. The molecule has 20 heavy (non-hydrogen) atoms. The van der Waals surface area contributed by atoms with Crippen molar-refractivity contribution in [2.24, 2.45) is 5.41 Å². The summed E-state index contributed by atoms with van der Waals surface area (Å²) in [4.78, 5) is 11.8. The Bertz CT molecular complexity index is 468. The molecule has 3 heteroatoms. The van der Waals surface area contributed by atoms with E-state index in [4.69, 9.17) is 4.74 Å². The van der Waals surface area contributed by atoms with Gasteiger partial charge in [0.15, 0.2) is 0 Å². The summed E-state index contributed by atoms with van der Waals surface area (Å²) in [5.41, 5.74) is 1.93. The van der Waals surface area contributed by atoms with E-state index in [2.05, 4.69) is 19.2 Å². The van der Waals surface area contributed by atoms with Crippen LogP contribution in [-0.2, 0) is 4.74 Å². The molecule has 0 spiro atoms. The highest BCUT2D eigenvalue weighted by Crippen LogP contribution is 2.37. The molecule has 1 unspecified atom stereocenters. The second kappa shape index (κ2) is 6.29. The van der Waals surface area contributed by atoms with E-state index >= 15 is 0 Å². The Morgan fingerprint density at radius 2 is 2.20 bits per heavy atom. The predicted octanol–water partition coefficient (Wildman–Crippen LogP) is 4.24. The van der Waals surface area contributed by atoms with Gasteiger partial charge in [-0.2, -0.15) is 0 Å². The van der Waals surface area contributed by atoms with Crippen LogP contribution < -0.4 is 5.32 Å². The molecule has 0 bridgehead atoms. The van der Waals surface area contributed by atoms with E-state index in [0.717, 1.165) is 5.69 Å². The molecule has 1 atom stereocenters. The number of esters is 1. The third kappa shape index (κ3) is 3.53. The SMILES string of the molecule is CCOC(=O)c1cccc(NC2CCCCC2(C)C)c1. The van der Waals surface area contributed by atoms with Crippen molar-refractivity contribution in [3.63, 3.8) is 0 Å². The molecule has 0 saturated heterocycles. The van der Waals surface area contributed by atoms with E-state index in [1.807, 2.05) is 25.1 Å². The van der Waals surface area contributed by atoms with Gasteiger partial charge < -0.3 is 10.1 Å². The minimum absolute atomic E-state index is 0.251. The third-order valence-corrected chi connectivity index (χ3v) is 4.22. The van der Waals surface area contributed by atoms with Gasteiger partial charge in [-0.25, -0.2) is 4.79 Å². The summed E-state index contributed by atoms with van der Waals surface area (Å²) in [6.45, 7) is 6.87. The predicted molar refractivity (Wildman–Crippen MR) is 82.1 cm³/mol. The van der Waals surface area contributed by atoms with Gasteiger partial charge in [-0.05, 0) is 43.4 Å². The molecule has 0 radical (unpaired) electrons. The molecule has 2 rings (SSSR count). The van der Waals surface area contributed by atoms with Crippen LogP contribution in [-0.4, -0.2) is 18.6 Å². The molecule has 1 aromatic rings. The molecule has 1 fully saturated rings. The maximum atomic E-state index is 11.8. The van der Waals surface area contributed by atoms with Crippen molar-refractivity contribution in [3.8, 4) is 0 Å². The first kappa shape index (κ1) is 14.9. The second-order valence-corrected chi connectivity index (χ2v) is 6.23. The monoisotopic (exact) mass is 275 g/mol. The quantitative estimate of drug-likeness (QED) is 0.835. The van der Waals surface area contributed by atoms with Crippen LogP contribution in [0.2, 0.25) is 0 Å². The summed E-state index contributed by atoms with van der Waals surface area (Å²) in [6, 6.07) is 8.09. The maximum absolute atomic E-state index is 11.8. The average Bonchev–Trinajstić information content (AvgIpc) is 2.42. The lowest BCUT2D eigenvalue weighted by molar-refractivity contribution is 0.0526. The molecule has 1 aliphatic rings. The van der Waals surface area contributed by atoms with Gasteiger partial charge in [0.05, 0.1) is 12.2 Å². The summed E-state index contributed by atoms with van der Waals surface area (Å²) in [6.07, 6.45) is 5.03. The second-order valence-electron chi connectivity index (χ2n) is 6.23. The summed E-state index contributed by atoms with van der Waals surface area (Å²) in [5, 5.41) is 3.60. The van der Waals surface area contributed by atoms with Crippen LogP contribution in [0.1, 0.15) is 56.8 Å². The minimum atomic E-state index is -0.251. The standard InChI is InChI=1S/C17H25NO2/c1-4-20-16(19)13-8-7-9-14(12-13)18-15-10-5-6-11-17(15,2)3/h7-9,12,15,18H,4-6,10-11H2,1-3H3. The molecular weight excluding hydrogens is 250 g/mol. The largest absolute Gasteiger partial charge is 0.462 e. The Hall–Kier alpha value is -1.51. The van der Waals surface area contributed by atoms with Crippen molar-refractivity contribution in [2.45, 2.75) is 52.5 Å². The number of anilines is 1. The van der Waals surface area contributed by atoms with Crippen LogP contribution >= 0.6 is 0 Å². The van der Waals surface area contributed by atoms with E-state index in [-0.39, 0.29) is 5.97 Å². The van der Waals surface area contributed by atoms with Crippen LogP contribution in [0, 0.1) is 5.41 Å². The van der Waals surface area contributed by atoms with E-state index in [1.165, 1.54) is 25.7 Å². The first-order valence-electron chi connectivity index (χ1n) is 7.56. The number of hydrogen-bond donors (Lipinski definition) is 1. The van der Waals surface area contributed by atoms with Crippen LogP contribution in [0.25, 0.3) is 0 Å². The van der Waals surface area contributed by atoms with Crippen molar-refractivity contribution in [3.05, 3.63) is 29.8 Å². The highest BCUT2D eigenvalue weighted by Gasteiger charge is 2.32. The summed E-state index contributed by atoms with van der Waals surface area (Å²) in [5.74, 6) is -0.251. The van der Waals surface area contributed by atoms with Crippen molar-refractivity contribution in [1.29, 1.82) is 0 Å². The van der Waals surface area contributed by atoms with Gasteiger partial charge >= 0.3 is 5.97 Å². The number of hydrogen-bond acceptors (Lipinski definition) is 3. The highest BCUT2D eigenvalue weighted by molar-refractivity contribution is 5.90. The average molecular weight is 275 g/mol. The van der Waals surface area contributed by atoms with Crippen molar-refractivity contribution < 1.29 is 9.53 Å². The number of ether oxygens (including phenoxy) is 1. The fourth-order valence-corrected chi connectivity index (χ4v) is 2.91. The fraction of sp³-hybridized carbons (Fsp3) is 0.588. The van der Waals surface area contributed by atoms with Gasteiger partial charge in [0.2, 0.25) is 0 Å². The topological polar surface area (TPSA) is 38.3 Å². The van der Waals surface area contributed by atoms with Gasteiger partial charge in [-0.15, -0.1) is 0 Å². The lowest BCUT2D eigenvalue weighted by atomic mass is 9.73. The molecule has 0 aliphatic heterocycles. The number of benzene rings is 1. The van der Waals surface area contributed by atoms with Gasteiger partial charge in [0, 0.05) is 11.7 Å². The van der Waals surface area contributed by atoms with Crippen LogP contribution in [0.4, 0.5) is 5.69 Å². The van der Waals surface area contributed by atoms with Gasteiger partial charge in [-0.1, -0.05) is 32.8 Å². The lowest BCUT2D eigenvalue weighted by Crippen LogP contribution is -2.38. The normalized spacial score (nSPS) is 21.2. The molecular formula is C17H25NO2. The molecule has 1 aromatic carbocycles. The third-order valence-electron chi connectivity index (χ3n) is 4.22. The minimum Gasteiger partial charge on any atom is -0.462 e. The van der Waals surface area contributed by atoms with Crippen molar-refractivity contribution in [2.75, 3.05) is 11.9 Å². The molecule has 1 aliphatic carbocycles. The molecule has 1 N–H and O–H groups in total. The smallest absolute Gasteiger partial charge is 0.338 e. The number of carbonyl (C=O) groups is 1. The van der Waals surface area contributed by atoms with E-state index in [0.29, 0.717) is 23.6 Å². The van der Waals surface area contributed by atoms with Crippen LogP contribution in [0.15, 0.2) is 24.3 Å². The Labute approximate surface area is 121 Å². The van der Waals surface area contributed by atoms with Crippen molar-refractivity contribution >= 4 is 11.7 Å². The number of carbonyl (C=O) groups excluding carboxylic acids is 1. The molecule has 3 nitrogen and oxygen atoms in total. The lowest BCUT2D eigenvalue weighted by Gasteiger charge is -2.39. The maximum Gasteiger partial charge on any atom is 0.338 e. The van der Waals surface area contributed by atoms with Crippen LogP contribution in [0.3, 0.4) is 0 Å². The van der Waals surface area contributed by atoms with Gasteiger partial charge in [-0.3, -0.25) is 0 Å². The zero-order chi connectivity index (χ0) is 14.6. The Morgan fingerprint density at radius 3 is 2.90 bits per heavy atom. The molecule has 1 saturated carbocycles. The summed E-state index contributed by atoms with van der Waals surface area (Å²) >= 11 is 0. The van der Waals surface area contributed by atoms with Crippen molar-refractivity contribution in [1.82, 2.24) is 0 Å². The number of rotatable bonds is 4. The van der Waals surface area contributed by atoms with Gasteiger partial charge in [0.1, 0.15) is 0 Å². The zero-order valence-electron chi connectivity index (χ0n) is 12.7.